The molecule has 134 valence electrons. The van der Waals surface area contributed by atoms with Crippen molar-refractivity contribution in [2.45, 2.75) is 20.4 Å². The van der Waals surface area contributed by atoms with Crippen LogP contribution < -0.4 is 5.32 Å². The Morgan fingerprint density at radius 1 is 1.15 bits per heavy atom. The molecular formula is C20H18N6O. The van der Waals surface area contributed by atoms with Gasteiger partial charge in [-0.05, 0) is 44.2 Å². The van der Waals surface area contributed by atoms with Gasteiger partial charge in [0.2, 0.25) is 0 Å². The quantitative estimate of drug-likeness (QED) is 0.585. The molecule has 1 aromatic carbocycles. The van der Waals surface area contributed by atoms with Crippen LogP contribution in [-0.4, -0.2) is 31.1 Å². The van der Waals surface area contributed by atoms with Crippen molar-refractivity contribution in [3.8, 4) is 11.3 Å². The molecule has 0 unspecified atom stereocenters. The van der Waals surface area contributed by atoms with Crippen molar-refractivity contribution in [2.75, 3.05) is 0 Å². The molecule has 0 saturated heterocycles. The molecule has 0 aliphatic carbocycles. The Bertz CT molecular complexity index is 1120. The third-order valence-corrected chi connectivity index (χ3v) is 4.22. The molecule has 0 saturated carbocycles. The van der Waals surface area contributed by atoms with Crippen LogP contribution in [-0.2, 0) is 6.54 Å². The fourth-order valence-electron chi connectivity index (χ4n) is 2.91. The summed E-state index contributed by atoms with van der Waals surface area (Å²) in [6.07, 6.45) is 3.45. The van der Waals surface area contributed by atoms with Gasteiger partial charge in [0, 0.05) is 23.3 Å². The molecule has 0 aliphatic rings. The molecular weight excluding hydrogens is 340 g/mol. The van der Waals surface area contributed by atoms with Gasteiger partial charge in [0.05, 0.1) is 23.3 Å². The van der Waals surface area contributed by atoms with Gasteiger partial charge in [-0.3, -0.25) is 14.9 Å². The van der Waals surface area contributed by atoms with Crippen LogP contribution in [0.15, 0.2) is 48.8 Å². The highest BCUT2D eigenvalue weighted by Gasteiger charge is 2.15. The molecule has 0 spiro atoms. The number of nitrogens with one attached hydrogen (secondary N) is 2. The van der Waals surface area contributed by atoms with Crippen LogP contribution >= 0.6 is 0 Å². The predicted octanol–water partition coefficient (Wildman–Crippen LogP) is 2.96. The van der Waals surface area contributed by atoms with E-state index in [2.05, 4.69) is 25.5 Å². The van der Waals surface area contributed by atoms with Gasteiger partial charge in [-0.1, -0.05) is 11.6 Å². The second-order valence-electron chi connectivity index (χ2n) is 6.34. The highest BCUT2D eigenvalue weighted by atomic mass is 16.1. The molecule has 7 heteroatoms. The second-order valence-corrected chi connectivity index (χ2v) is 6.34. The monoisotopic (exact) mass is 358 g/mol. The van der Waals surface area contributed by atoms with Crippen LogP contribution in [0.1, 0.15) is 27.6 Å². The van der Waals surface area contributed by atoms with Gasteiger partial charge in [0.25, 0.3) is 5.91 Å². The first-order valence-electron chi connectivity index (χ1n) is 8.58. The number of nitrogens with zero attached hydrogens (tertiary/aromatic N) is 4. The number of H-pyrrole nitrogens is 1. The van der Waals surface area contributed by atoms with Gasteiger partial charge in [-0.25, -0.2) is 9.97 Å². The van der Waals surface area contributed by atoms with Crippen LogP contribution in [0.4, 0.5) is 0 Å². The van der Waals surface area contributed by atoms with Crippen molar-refractivity contribution in [1.82, 2.24) is 30.5 Å². The average Bonchev–Trinajstić information content (AvgIpc) is 3.11. The van der Waals surface area contributed by atoms with E-state index < -0.39 is 0 Å². The summed E-state index contributed by atoms with van der Waals surface area (Å²) in [5.74, 6) is 1.06. The molecule has 27 heavy (non-hydrogen) atoms. The molecule has 2 N–H and O–H groups in total. The fourth-order valence-corrected chi connectivity index (χ4v) is 2.91. The zero-order chi connectivity index (χ0) is 18.8. The zero-order valence-electron chi connectivity index (χ0n) is 15.0. The van der Waals surface area contributed by atoms with Crippen LogP contribution in [0.3, 0.4) is 0 Å². The number of benzene rings is 1. The molecule has 0 aliphatic heterocycles. The van der Waals surface area contributed by atoms with Crippen molar-refractivity contribution in [3.63, 3.8) is 0 Å². The predicted molar refractivity (Wildman–Crippen MR) is 102 cm³/mol. The van der Waals surface area contributed by atoms with Gasteiger partial charge in [-0.2, -0.15) is 5.10 Å². The van der Waals surface area contributed by atoms with Gasteiger partial charge < -0.3 is 5.32 Å². The number of amides is 1. The Morgan fingerprint density at radius 3 is 2.78 bits per heavy atom. The lowest BCUT2D eigenvalue weighted by atomic mass is 10.0. The molecule has 0 atom stereocenters. The summed E-state index contributed by atoms with van der Waals surface area (Å²) in [6, 6.07) is 11.5. The number of pyridine rings is 2. The normalized spacial score (nSPS) is 10.9. The Hall–Kier alpha value is -3.61. The Balaban J connectivity index is 1.74. The van der Waals surface area contributed by atoms with Crippen LogP contribution in [0, 0.1) is 13.8 Å². The highest BCUT2D eigenvalue weighted by Crippen LogP contribution is 2.25. The number of aromatic nitrogens is 5. The molecule has 4 aromatic rings. The molecule has 7 nitrogen and oxygen atoms in total. The number of fused-ring (bicyclic) bond motifs is 1. The average molecular weight is 358 g/mol. The van der Waals surface area contributed by atoms with Crippen LogP contribution in [0.5, 0.6) is 0 Å². The second kappa shape index (κ2) is 6.95. The third-order valence-electron chi connectivity index (χ3n) is 4.22. The standard InChI is InChI=1S/C20H18N6O/c1-12-5-6-17-15(8-12)16(9-18(24-17)14-4-3-7-21-10-14)20(27)22-11-19-23-13(2)25-26-19/h3-10H,11H2,1-2H3,(H,22,27)(H,23,25,26). The molecule has 0 bridgehead atoms. The topological polar surface area (TPSA) is 96.5 Å². The lowest BCUT2D eigenvalue weighted by Crippen LogP contribution is -2.24. The van der Waals surface area contributed by atoms with Crippen molar-refractivity contribution in [3.05, 3.63) is 71.6 Å². The van der Waals surface area contributed by atoms with Gasteiger partial charge in [0.15, 0.2) is 5.82 Å². The minimum Gasteiger partial charge on any atom is -0.345 e. The molecule has 3 aromatic heterocycles. The van der Waals surface area contributed by atoms with Gasteiger partial charge >= 0.3 is 0 Å². The molecule has 4 rings (SSSR count). The first-order chi connectivity index (χ1) is 13.1. The van der Waals surface area contributed by atoms with Crippen LogP contribution in [0.25, 0.3) is 22.2 Å². The van der Waals surface area contributed by atoms with Crippen molar-refractivity contribution < 1.29 is 4.79 Å². The summed E-state index contributed by atoms with van der Waals surface area (Å²) < 4.78 is 0. The number of rotatable bonds is 4. The maximum absolute atomic E-state index is 12.9. The Morgan fingerprint density at radius 2 is 2.04 bits per heavy atom. The lowest BCUT2D eigenvalue weighted by Gasteiger charge is -2.10. The lowest BCUT2D eigenvalue weighted by molar-refractivity contribution is 0.0951. The summed E-state index contributed by atoms with van der Waals surface area (Å²) in [5.41, 5.74) is 3.96. The molecule has 0 fully saturated rings. The van der Waals surface area contributed by atoms with Crippen LogP contribution in [0.2, 0.25) is 0 Å². The largest absolute Gasteiger partial charge is 0.345 e. The third kappa shape index (κ3) is 3.52. The smallest absolute Gasteiger partial charge is 0.252 e. The number of hydrogen-bond acceptors (Lipinski definition) is 5. The number of aromatic amines is 1. The Kier molecular flexibility index (Phi) is 4.33. The van der Waals surface area contributed by atoms with Crippen molar-refractivity contribution >= 4 is 16.8 Å². The van der Waals surface area contributed by atoms with E-state index in [-0.39, 0.29) is 12.5 Å². The van der Waals surface area contributed by atoms with Gasteiger partial charge in [-0.15, -0.1) is 0 Å². The number of carbonyl (C=O) groups excluding carboxylic acids is 1. The molecule has 3 heterocycles. The number of aryl methyl sites for hydroxylation is 2. The van der Waals surface area contributed by atoms with Crippen molar-refractivity contribution in [2.24, 2.45) is 0 Å². The first kappa shape index (κ1) is 16.8. The van der Waals surface area contributed by atoms with E-state index in [4.69, 9.17) is 4.98 Å². The van der Waals surface area contributed by atoms with E-state index in [0.717, 1.165) is 22.0 Å². The minimum atomic E-state index is -0.194. The Labute approximate surface area is 155 Å². The maximum Gasteiger partial charge on any atom is 0.252 e. The SMILES string of the molecule is Cc1ccc2nc(-c3cccnc3)cc(C(=O)NCc3n[nH]c(C)n3)c2c1. The van der Waals surface area contributed by atoms with E-state index in [1.807, 2.05) is 44.2 Å². The first-order valence-corrected chi connectivity index (χ1v) is 8.58. The fraction of sp³-hybridized carbons (Fsp3) is 0.150. The van der Waals surface area contributed by atoms with E-state index in [1.165, 1.54) is 0 Å². The summed E-state index contributed by atoms with van der Waals surface area (Å²) in [7, 11) is 0. The minimum absolute atomic E-state index is 0.194. The van der Waals surface area contributed by atoms with Gasteiger partial charge in [0.1, 0.15) is 5.82 Å². The number of hydrogen-bond donors (Lipinski definition) is 2. The van der Waals surface area contributed by atoms with E-state index in [9.17, 15) is 4.79 Å². The maximum atomic E-state index is 12.9. The summed E-state index contributed by atoms with van der Waals surface area (Å²) >= 11 is 0. The molecule has 0 radical (unpaired) electrons. The molecule has 1 amide bonds. The zero-order valence-corrected chi connectivity index (χ0v) is 15.0. The van der Waals surface area contributed by atoms with E-state index >= 15 is 0 Å². The summed E-state index contributed by atoms with van der Waals surface area (Å²) in [5, 5.41) is 10.5. The highest BCUT2D eigenvalue weighted by molar-refractivity contribution is 6.07. The summed E-state index contributed by atoms with van der Waals surface area (Å²) in [4.78, 5) is 26.0. The van der Waals surface area contributed by atoms with Crippen molar-refractivity contribution in [1.29, 1.82) is 0 Å². The number of carbonyl (C=O) groups is 1. The van der Waals surface area contributed by atoms with E-state index in [1.54, 1.807) is 18.5 Å². The summed E-state index contributed by atoms with van der Waals surface area (Å²) in [6.45, 7) is 4.06. The van der Waals surface area contributed by atoms with E-state index in [0.29, 0.717) is 22.9 Å².